The standard InChI is InChI=1S/C27H33N5O4/c1-27(2,3)20-10-16(12-23(24(20)35-7)36-9-8-28)22(33)15-32-14-17-11-21(31(5)6)19(26(34)30-4)13-18(17)25(32)29/h10-14H,9,15,29H2,1-7H3,(H,30,34). The molecule has 9 nitrogen and oxygen atoms in total. The van der Waals surface area contributed by atoms with Gasteiger partial charge < -0.3 is 30.0 Å². The van der Waals surface area contributed by atoms with Crippen LogP contribution in [0.2, 0.25) is 0 Å². The fourth-order valence-corrected chi connectivity index (χ4v) is 4.14. The van der Waals surface area contributed by atoms with Gasteiger partial charge >= 0.3 is 0 Å². The van der Waals surface area contributed by atoms with Gasteiger partial charge in [0.1, 0.15) is 11.9 Å². The van der Waals surface area contributed by atoms with Crippen LogP contribution in [0.25, 0.3) is 10.8 Å². The first-order valence-corrected chi connectivity index (χ1v) is 11.5. The summed E-state index contributed by atoms with van der Waals surface area (Å²) in [5, 5.41) is 13.2. The summed E-state index contributed by atoms with van der Waals surface area (Å²) < 4.78 is 12.8. The number of ketones is 1. The van der Waals surface area contributed by atoms with Crippen LogP contribution in [0.5, 0.6) is 11.5 Å². The lowest BCUT2D eigenvalue weighted by molar-refractivity contribution is 0.0959. The molecular weight excluding hydrogens is 458 g/mol. The number of amides is 1. The Labute approximate surface area is 211 Å². The Morgan fingerprint density at radius 1 is 1.19 bits per heavy atom. The average molecular weight is 492 g/mol. The molecule has 0 aliphatic heterocycles. The number of nitriles is 1. The smallest absolute Gasteiger partial charge is 0.253 e. The normalized spacial score (nSPS) is 11.2. The van der Waals surface area contributed by atoms with E-state index in [1.165, 1.54) is 7.11 Å². The van der Waals surface area contributed by atoms with Gasteiger partial charge in [-0.1, -0.05) is 20.8 Å². The van der Waals surface area contributed by atoms with E-state index in [-0.39, 0.29) is 30.3 Å². The second-order valence-electron chi connectivity index (χ2n) is 9.75. The minimum atomic E-state index is -0.341. The fourth-order valence-electron chi connectivity index (χ4n) is 4.14. The van der Waals surface area contributed by atoms with Gasteiger partial charge in [-0.2, -0.15) is 5.26 Å². The summed E-state index contributed by atoms with van der Waals surface area (Å²) in [5.41, 5.74) is 8.54. The number of nitrogens with one attached hydrogen (secondary N) is 1. The Morgan fingerprint density at radius 3 is 2.44 bits per heavy atom. The molecule has 0 atom stereocenters. The number of methoxy groups -OCH3 is 1. The quantitative estimate of drug-likeness (QED) is 0.460. The SMILES string of the molecule is CNC(=O)c1cc2c(N)n(CC(=O)c3cc(OCC#N)c(OC)c(C(C)(C)C)c3)cc2cc1N(C)C. The Bertz CT molecular complexity index is 1360. The van der Waals surface area contributed by atoms with Crippen molar-refractivity contribution in [3.05, 3.63) is 47.2 Å². The molecule has 1 amide bonds. The lowest BCUT2D eigenvalue weighted by Gasteiger charge is -2.24. The molecule has 1 heterocycles. The zero-order valence-electron chi connectivity index (χ0n) is 21.9. The highest BCUT2D eigenvalue weighted by atomic mass is 16.5. The summed E-state index contributed by atoms with van der Waals surface area (Å²) in [4.78, 5) is 27.7. The molecule has 0 saturated heterocycles. The van der Waals surface area contributed by atoms with E-state index < -0.39 is 0 Å². The number of aromatic nitrogens is 1. The van der Waals surface area contributed by atoms with Crippen molar-refractivity contribution >= 4 is 34.0 Å². The number of hydrogen-bond acceptors (Lipinski definition) is 7. The molecule has 3 aromatic rings. The molecule has 36 heavy (non-hydrogen) atoms. The third kappa shape index (κ3) is 5.08. The molecule has 190 valence electrons. The highest BCUT2D eigenvalue weighted by Crippen LogP contribution is 2.40. The number of rotatable bonds is 8. The van der Waals surface area contributed by atoms with Gasteiger partial charge in [0.2, 0.25) is 0 Å². The number of nitrogens with zero attached hydrogens (tertiary/aromatic N) is 3. The molecule has 0 saturated carbocycles. The van der Waals surface area contributed by atoms with Crippen LogP contribution >= 0.6 is 0 Å². The van der Waals surface area contributed by atoms with Crippen molar-refractivity contribution in [2.75, 3.05) is 45.5 Å². The third-order valence-electron chi connectivity index (χ3n) is 6.00. The molecule has 0 fully saturated rings. The maximum Gasteiger partial charge on any atom is 0.253 e. The Hall–Kier alpha value is -4.19. The third-order valence-corrected chi connectivity index (χ3v) is 6.00. The van der Waals surface area contributed by atoms with Gasteiger partial charge in [0.25, 0.3) is 5.91 Å². The molecule has 0 radical (unpaired) electrons. The van der Waals surface area contributed by atoms with E-state index in [1.807, 2.05) is 58.1 Å². The van der Waals surface area contributed by atoms with E-state index in [0.29, 0.717) is 33.8 Å². The summed E-state index contributed by atoms with van der Waals surface area (Å²) in [7, 11) is 6.83. The molecule has 2 aromatic carbocycles. The van der Waals surface area contributed by atoms with Crippen LogP contribution in [0.3, 0.4) is 0 Å². The lowest BCUT2D eigenvalue weighted by atomic mass is 9.84. The van der Waals surface area contributed by atoms with Crippen molar-refractivity contribution in [1.29, 1.82) is 5.26 Å². The minimum absolute atomic E-state index is 0.0132. The first-order chi connectivity index (χ1) is 16.9. The minimum Gasteiger partial charge on any atom is -0.493 e. The van der Waals surface area contributed by atoms with Gasteiger partial charge in [0.05, 0.1) is 19.2 Å². The number of ether oxygens (including phenoxy) is 2. The topological polar surface area (TPSA) is 123 Å². The molecule has 0 unspecified atom stereocenters. The monoisotopic (exact) mass is 491 g/mol. The van der Waals surface area contributed by atoms with Crippen molar-refractivity contribution in [2.45, 2.75) is 32.7 Å². The van der Waals surface area contributed by atoms with Crippen LogP contribution in [0.1, 0.15) is 47.1 Å². The molecule has 0 bridgehead atoms. The Balaban J connectivity index is 2.08. The van der Waals surface area contributed by atoms with Gasteiger partial charge in [0.15, 0.2) is 23.9 Å². The van der Waals surface area contributed by atoms with Gasteiger partial charge in [0, 0.05) is 54.9 Å². The van der Waals surface area contributed by atoms with Crippen molar-refractivity contribution in [1.82, 2.24) is 9.88 Å². The van der Waals surface area contributed by atoms with Crippen LogP contribution in [0.15, 0.2) is 30.5 Å². The number of benzene rings is 2. The van der Waals surface area contributed by atoms with Crippen molar-refractivity contribution in [3.63, 3.8) is 0 Å². The number of carbonyl (C=O) groups excluding carboxylic acids is 2. The number of carbonyl (C=O) groups is 2. The highest BCUT2D eigenvalue weighted by molar-refractivity contribution is 6.07. The molecular formula is C27H33N5O4. The zero-order valence-corrected chi connectivity index (χ0v) is 21.9. The van der Waals surface area contributed by atoms with Crippen molar-refractivity contribution in [2.24, 2.45) is 0 Å². The molecule has 1 aromatic heterocycles. The number of Topliss-reactive ketones (excluding diaryl/α,β-unsaturated/α-hetero) is 1. The highest BCUT2D eigenvalue weighted by Gasteiger charge is 2.25. The fraction of sp³-hybridized carbons (Fsp3) is 0.370. The number of anilines is 2. The molecule has 0 spiro atoms. The summed E-state index contributed by atoms with van der Waals surface area (Å²) in [6.07, 6.45) is 1.81. The van der Waals surface area contributed by atoms with Gasteiger partial charge in [-0.3, -0.25) is 9.59 Å². The summed E-state index contributed by atoms with van der Waals surface area (Å²) in [6, 6.07) is 8.98. The molecule has 0 aliphatic rings. The largest absolute Gasteiger partial charge is 0.493 e. The second-order valence-corrected chi connectivity index (χ2v) is 9.75. The van der Waals surface area contributed by atoms with Gasteiger partial charge in [-0.15, -0.1) is 0 Å². The van der Waals surface area contributed by atoms with E-state index >= 15 is 0 Å². The second kappa shape index (κ2) is 10.2. The maximum atomic E-state index is 13.4. The molecule has 9 heteroatoms. The summed E-state index contributed by atoms with van der Waals surface area (Å²) in [5.74, 6) is 0.821. The van der Waals surface area contributed by atoms with E-state index in [1.54, 1.807) is 29.8 Å². The first kappa shape index (κ1) is 26.4. The number of fused-ring (bicyclic) bond motifs is 1. The van der Waals surface area contributed by atoms with Crippen molar-refractivity contribution < 1.29 is 19.1 Å². The Morgan fingerprint density at radius 2 is 1.89 bits per heavy atom. The van der Waals surface area contributed by atoms with Crippen LogP contribution in [-0.4, -0.2) is 51.1 Å². The van der Waals surface area contributed by atoms with Crippen LogP contribution in [-0.2, 0) is 12.0 Å². The van der Waals surface area contributed by atoms with Crippen LogP contribution in [0, 0.1) is 11.3 Å². The number of nitrogens with two attached hydrogens (primary N) is 1. The average Bonchev–Trinajstić information content (AvgIpc) is 3.14. The van der Waals surface area contributed by atoms with Crippen LogP contribution in [0.4, 0.5) is 11.5 Å². The number of hydrogen-bond donors (Lipinski definition) is 2. The van der Waals surface area contributed by atoms with E-state index in [0.717, 1.165) is 16.6 Å². The molecule has 3 N–H and O–H groups in total. The first-order valence-electron chi connectivity index (χ1n) is 11.5. The molecule has 3 rings (SSSR count). The summed E-state index contributed by atoms with van der Waals surface area (Å²) in [6.45, 7) is 5.85. The van der Waals surface area contributed by atoms with E-state index in [9.17, 15) is 9.59 Å². The van der Waals surface area contributed by atoms with Gasteiger partial charge in [-0.25, -0.2) is 0 Å². The van der Waals surface area contributed by atoms with E-state index in [2.05, 4.69) is 5.32 Å². The number of nitrogen functional groups attached to an aromatic ring is 1. The maximum absolute atomic E-state index is 13.4. The Kier molecular flexibility index (Phi) is 7.48. The van der Waals surface area contributed by atoms with Gasteiger partial charge in [-0.05, 0) is 29.7 Å². The zero-order chi connectivity index (χ0) is 26.8. The summed E-state index contributed by atoms with van der Waals surface area (Å²) >= 11 is 0. The lowest BCUT2D eigenvalue weighted by Crippen LogP contribution is -2.22. The molecule has 0 aliphatic carbocycles. The van der Waals surface area contributed by atoms with E-state index in [4.69, 9.17) is 20.5 Å². The van der Waals surface area contributed by atoms with Crippen LogP contribution < -0.4 is 25.4 Å². The predicted molar refractivity (Wildman–Crippen MR) is 141 cm³/mol. The predicted octanol–water partition coefficient (Wildman–Crippen LogP) is 3.74. The van der Waals surface area contributed by atoms with Crippen molar-refractivity contribution in [3.8, 4) is 17.6 Å².